The quantitative estimate of drug-likeness (QED) is 0.500. The Morgan fingerprint density at radius 3 is 2.48 bits per heavy atom. The van der Waals surface area contributed by atoms with E-state index in [2.05, 4.69) is 41.8 Å². The molecular formula is C26H46N4O3. The lowest BCUT2D eigenvalue weighted by Gasteiger charge is -2.45. The van der Waals surface area contributed by atoms with Crippen molar-refractivity contribution < 1.29 is 14.7 Å². The molecule has 1 saturated carbocycles. The molecule has 4 N–H and O–H groups in total. The van der Waals surface area contributed by atoms with Crippen LogP contribution < -0.4 is 16.1 Å². The number of fused-ring (bicyclic) bond motifs is 1. The summed E-state index contributed by atoms with van der Waals surface area (Å²) in [5.74, 6) is 1.76. The predicted molar refractivity (Wildman–Crippen MR) is 129 cm³/mol. The zero-order valence-electron chi connectivity index (χ0n) is 20.8. The summed E-state index contributed by atoms with van der Waals surface area (Å²) < 4.78 is 0. The Balaban J connectivity index is 1.33. The van der Waals surface area contributed by atoms with E-state index in [0.29, 0.717) is 53.9 Å². The maximum atomic E-state index is 11.5. The van der Waals surface area contributed by atoms with Crippen LogP contribution in [0.3, 0.4) is 0 Å². The van der Waals surface area contributed by atoms with E-state index in [1.54, 1.807) is 0 Å². The maximum Gasteiger partial charge on any atom is 0.306 e. The smallest absolute Gasteiger partial charge is 0.306 e. The Morgan fingerprint density at radius 2 is 1.85 bits per heavy atom. The molecule has 1 aliphatic carbocycles. The minimum Gasteiger partial charge on any atom is -0.481 e. The van der Waals surface area contributed by atoms with Gasteiger partial charge in [-0.25, -0.2) is 0 Å². The van der Waals surface area contributed by atoms with Gasteiger partial charge < -0.3 is 15.7 Å². The molecule has 0 aromatic heterocycles. The van der Waals surface area contributed by atoms with Gasteiger partial charge in [-0.3, -0.25) is 14.5 Å². The van der Waals surface area contributed by atoms with Crippen LogP contribution in [0.4, 0.5) is 0 Å². The van der Waals surface area contributed by atoms with Crippen LogP contribution in [0.2, 0.25) is 0 Å². The Hall–Kier alpha value is -0.730. The molecule has 4 aliphatic heterocycles. The number of hydrogen-bond acceptors (Lipinski definition) is 6. The van der Waals surface area contributed by atoms with E-state index >= 15 is 0 Å². The van der Waals surface area contributed by atoms with Gasteiger partial charge in [-0.05, 0) is 96.6 Å². The second kappa shape index (κ2) is 10.1. The summed E-state index contributed by atoms with van der Waals surface area (Å²) in [4.78, 5) is 20.2. The van der Waals surface area contributed by atoms with Crippen LogP contribution in [0.15, 0.2) is 0 Å². The molecule has 33 heavy (non-hydrogen) atoms. The van der Waals surface area contributed by atoms with Crippen molar-refractivity contribution in [2.45, 2.75) is 108 Å². The number of aliphatic carboxylic acids is 1. The van der Waals surface area contributed by atoms with Gasteiger partial charge in [-0.2, -0.15) is 5.48 Å². The van der Waals surface area contributed by atoms with Gasteiger partial charge in [0.15, 0.2) is 0 Å². The van der Waals surface area contributed by atoms with Crippen LogP contribution in [-0.4, -0.2) is 71.9 Å². The molecule has 0 amide bonds. The van der Waals surface area contributed by atoms with Crippen molar-refractivity contribution in [3.8, 4) is 0 Å². The van der Waals surface area contributed by atoms with Crippen LogP contribution in [0, 0.1) is 29.6 Å². The minimum absolute atomic E-state index is 0.124. The zero-order valence-corrected chi connectivity index (χ0v) is 20.8. The average Bonchev–Trinajstić information content (AvgIpc) is 3.38. The third-order valence-electron chi connectivity index (χ3n) is 10.2. The van der Waals surface area contributed by atoms with Crippen molar-refractivity contribution in [1.82, 2.24) is 21.0 Å². The van der Waals surface area contributed by atoms with E-state index in [9.17, 15) is 9.90 Å². The molecule has 7 nitrogen and oxygen atoms in total. The lowest BCUT2D eigenvalue weighted by Crippen LogP contribution is -2.58. The van der Waals surface area contributed by atoms with Gasteiger partial charge in [-0.1, -0.05) is 6.42 Å². The fourth-order valence-corrected chi connectivity index (χ4v) is 8.32. The Labute approximate surface area is 199 Å². The van der Waals surface area contributed by atoms with Gasteiger partial charge in [0.2, 0.25) is 0 Å². The molecule has 0 spiro atoms. The van der Waals surface area contributed by atoms with Gasteiger partial charge >= 0.3 is 5.97 Å². The second-order valence-electron chi connectivity index (χ2n) is 11.9. The van der Waals surface area contributed by atoms with E-state index in [4.69, 9.17) is 4.84 Å². The molecule has 0 aromatic carbocycles. The summed E-state index contributed by atoms with van der Waals surface area (Å²) in [5, 5.41) is 17.4. The third-order valence-corrected chi connectivity index (χ3v) is 10.2. The number of likely N-dealkylation sites (tertiary alicyclic amines) is 1. The third kappa shape index (κ3) is 4.73. The molecular weight excluding hydrogens is 416 g/mol. The van der Waals surface area contributed by atoms with Crippen LogP contribution in [0.5, 0.6) is 0 Å². The summed E-state index contributed by atoms with van der Waals surface area (Å²) in [6, 6.07) is 2.66. The maximum absolute atomic E-state index is 11.5. The number of piperidine rings is 2. The molecule has 5 fully saturated rings. The van der Waals surface area contributed by atoms with Crippen molar-refractivity contribution in [2.75, 3.05) is 19.6 Å². The fraction of sp³-hybridized carbons (Fsp3) is 0.962. The van der Waals surface area contributed by atoms with Crippen LogP contribution in [0.25, 0.3) is 0 Å². The van der Waals surface area contributed by atoms with E-state index in [1.165, 1.54) is 32.2 Å². The average molecular weight is 463 g/mol. The molecule has 9 atom stereocenters. The number of carbonyl (C=O) groups is 1. The highest BCUT2D eigenvalue weighted by Crippen LogP contribution is 2.45. The van der Waals surface area contributed by atoms with Crippen molar-refractivity contribution >= 4 is 5.97 Å². The van der Waals surface area contributed by atoms with E-state index in [1.807, 2.05) is 0 Å². The van der Waals surface area contributed by atoms with Gasteiger partial charge in [0.25, 0.3) is 0 Å². The lowest BCUT2D eigenvalue weighted by atomic mass is 9.71. The van der Waals surface area contributed by atoms with E-state index in [0.717, 1.165) is 38.8 Å². The largest absolute Gasteiger partial charge is 0.481 e. The number of rotatable bonds is 5. The monoisotopic (exact) mass is 462 g/mol. The molecule has 5 aliphatic rings. The molecule has 7 heteroatoms. The number of carboxylic acid groups (broad SMARTS) is 1. The van der Waals surface area contributed by atoms with Gasteiger partial charge in [0.05, 0.1) is 12.0 Å². The standard InChI is InChI=1S/C26H46N4O3/c1-15-24(17(3)33-29-15)20-12-23-25(28-13-20)21(18-7-9-19(10-8-18)26(31)32)14-30(23)16(2)22-6-4-5-11-27-22/h15-25,27-29H,4-14H2,1-3H3,(H,31,32)/t15?,16-,17?,18?,19?,20?,21?,22?,23?,24?,25?/m0/s1. The summed E-state index contributed by atoms with van der Waals surface area (Å²) >= 11 is 0. The fourth-order valence-electron chi connectivity index (χ4n) is 8.32. The molecule has 0 aromatic rings. The lowest BCUT2D eigenvalue weighted by molar-refractivity contribution is -0.143. The predicted octanol–water partition coefficient (Wildman–Crippen LogP) is 2.61. The number of hydrogen-bond donors (Lipinski definition) is 4. The number of carboxylic acids is 1. The Bertz CT molecular complexity index is 668. The van der Waals surface area contributed by atoms with Gasteiger partial charge in [0.1, 0.15) is 0 Å². The topological polar surface area (TPSA) is 85.9 Å². The molecule has 188 valence electrons. The first-order valence-corrected chi connectivity index (χ1v) is 13.8. The zero-order chi connectivity index (χ0) is 23.1. The highest BCUT2D eigenvalue weighted by Gasteiger charge is 2.52. The van der Waals surface area contributed by atoms with Crippen molar-refractivity contribution in [3.05, 3.63) is 0 Å². The molecule has 0 bridgehead atoms. The molecule has 8 unspecified atom stereocenters. The highest BCUT2D eigenvalue weighted by molar-refractivity contribution is 5.70. The van der Waals surface area contributed by atoms with Gasteiger partial charge in [-0.15, -0.1) is 0 Å². The van der Waals surface area contributed by atoms with Crippen LogP contribution in [-0.2, 0) is 9.63 Å². The first-order valence-electron chi connectivity index (χ1n) is 13.8. The van der Waals surface area contributed by atoms with Crippen molar-refractivity contribution in [2.24, 2.45) is 29.6 Å². The van der Waals surface area contributed by atoms with Gasteiger partial charge in [0, 0.05) is 42.7 Å². The highest BCUT2D eigenvalue weighted by atomic mass is 16.7. The second-order valence-corrected chi connectivity index (χ2v) is 11.9. The molecule has 4 saturated heterocycles. The van der Waals surface area contributed by atoms with Crippen LogP contribution in [0.1, 0.15) is 72.1 Å². The Morgan fingerprint density at radius 1 is 1.06 bits per heavy atom. The van der Waals surface area contributed by atoms with E-state index < -0.39 is 5.97 Å². The van der Waals surface area contributed by atoms with Crippen LogP contribution >= 0.6 is 0 Å². The molecule has 4 heterocycles. The summed E-state index contributed by atoms with van der Waals surface area (Å²) in [6.07, 6.45) is 9.31. The van der Waals surface area contributed by atoms with E-state index in [-0.39, 0.29) is 12.0 Å². The molecule has 0 radical (unpaired) electrons. The number of nitrogens with one attached hydrogen (secondary N) is 3. The van der Waals surface area contributed by atoms with Crippen molar-refractivity contribution in [3.63, 3.8) is 0 Å². The number of hydroxylamine groups is 1. The summed E-state index contributed by atoms with van der Waals surface area (Å²) in [5.41, 5.74) is 3.24. The van der Waals surface area contributed by atoms with Crippen molar-refractivity contribution in [1.29, 1.82) is 0 Å². The summed E-state index contributed by atoms with van der Waals surface area (Å²) in [6.45, 7) is 10.3. The number of nitrogens with zero attached hydrogens (tertiary/aromatic N) is 1. The minimum atomic E-state index is -0.592. The molecule has 5 rings (SSSR count). The first-order chi connectivity index (χ1) is 15.9. The first kappa shape index (κ1) is 24.0. The Kier molecular flexibility index (Phi) is 7.34. The SMILES string of the molecule is CC1NOC(C)C1C1CNC2C(C3CCC(C(=O)O)CC3)CN([C@@H](C)C3CCCCN3)C2C1. The summed E-state index contributed by atoms with van der Waals surface area (Å²) in [7, 11) is 0. The normalized spacial score (nSPS) is 47.8.